The van der Waals surface area contributed by atoms with Crippen LogP contribution in [-0.2, 0) is 14.3 Å². The van der Waals surface area contributed by atoms with Crippen LogP contribution in [0.5, 0.6) is 0 Å². The Morgan fingerprint density at radius 1 is 1.24 bits per heavy atom. The Hall–Kier alpha value is -2.70. The fourth-order valence-electron chi connectivity index (χ4n) is 2.84. The van der Waals surface area contributed by atoms with E-state index in [0.717, 1.165) is 18.9 Å². The van der Waals surface area contributed by atoms with Crippen LogP contribution in [0.15, 0.2) is 30.3 Å². The van der Waals surface area contributed by atoms with Crippen LogP contribution in [0.2, 0.25) is 0 Å². The van der Waals surface area contributed by atoms with Gasteiger partial charge in [0.25, 0.3) is 11.6 Å². The van der Waals surface area contributed by atoms with Crippen molar-refractivity contribution >= 4 is 23.6 Å². The molecule has 0 radical (unpaired) electrons. The maximum absolute atomic E-state index is 11.7. The molecular formula is C18H22N2O5. The highest BCUT2D eigenvalue weighted by atomic mass is 16.6. The van der Waals surface area contributed by atoms with Crippen molar-refractivity contribution in [2.24, 2.45) is 5.92 Å². The molecule has 134 valence electrons. The number of rotatable bonds is 7. The Kier molecular flexibility index (Phi) is 7.13. The van der Waals surface area contributed by atoms with Gasteiger partial charge >= 0.3 is 5.97 Å². The van der Waals surface area contributed by atoms with Crippen LogP contribution in [0.4, 0.5) is 5.69 Å². The number of hydrogen-bond donors (Lipinski definition) is 1. The van der Waals surface area contributed by atoms with Gasteiger partial charge in [0.1, 0.15) is 0 Å². The molecule has 0 atom stereocenters. The van der Waals surface area contributed by atoms with E-state index in [4.69, 9.17) is 4.74 Å². The summed E-state index contributed by atoms with van der Waals surface area (Å²) in [6.07, 6.45) is 8.29. The lowest BCUT2D eigenvalue weighted by Crippen LogP contribution is -2.33. The molecule has 0 spiro atoms. The number of benzene rings is 1. The quantitative estimate of drug-likeness (QED) is 0.354. The molecule has 7 nitrogen and oxygen atoms in total. The summed E-state index contributed by atoms with van der Waals surface area (Å²) < 4.78 is 4.86. The van der Waals surface area contributed by atoms with Crippen LogP contribution in [0.1, 0.15) is 37.7 Å². The smallest absolute Gasteiger partial charge is 0.331 e. The molecule has 1 aromatic carbocycles. The second-order valence-electron chi connectivity index (χ2n) is 6.07. The molecule has 1 amide bonds. The minimum absolute atomic E-state index is 0.100. The first kappa shape index (κ1) is 18.6. The van der Waals surface area contributed by atoms with Gasteiger partial charge in [0.05, 0.1) is 10.5 Å². The van der Waals surface area contributed by atoms with Gasteiger partial charge in [-0.3, -0.25) is 14.9 Å². The van der Waals surface area contributed by atoms with Gasteiger partial charge in [0.2, 0.25) is 0 Å². The Bertz CT molecular complexity index is 651. The average Bonchev–Trinajstić information content (AvgIpc) is 2.64. The lowest BCUT2D eigenvalue weighted by atomic mass is 9.89. The number of esters is 1. The number of nitrogens with one attached hydrogen (secondary N) is 1. The van der Waals surface area contributed by atoms with E-state index in [2.05, 4.69) is 5.32 Å². The number of nitrogens with zero attached hydrogens (tertiary/aromatic N) is 1. The van der Waals surface area contributed by atoms with Crippen molar-refractivity contribution in [1.82, 2.24) is 5.32 Å². The Balaban J connectivity index is 1.74. The third kappa shape index (κ3) is 6.37. The number of carbonyl (C=O) groups excluding carboxylic acids is 2. The third-order valence-corrected chi connectivity index (χ3v) is 4.19. The molecule has 2 rings (SSSR count). The first-order valence-corrected chi connectivity index (χ1v) is 8.41. The lowest BCUT2D eigenvalue weighted by molar-refractivity contribution is -0.385. The molecule has 1 aromatic rings. The van der Waals surface area contributed by atoms with Crippen molar-refractivity contribution in [2.45, 2.75) is 32.1 Å². The Morgan fingerprint density at radius 2 is 1.96 bits per heavy atom. The predicted molar refractivity (Wildman–Crippen MR) is 92.7 cm³/mol. The second kappa shape index (κ2) is 9.56. The van der Waals surface area contributed by atoms with E-state index < -0.39 is 10.9 Å². The summed E-state index contributed by atoms with van der Waals surface area (Å²) in [4.78, 5) is 33.7. The molecule has 7 heteroatoms. The van der Waals surface area contributed by atoms with Gasteiger partial charge in [-0.1, -0.05) is 31.4 Å². The number of nitro benzene ring substituents is 1. The van der Waals surface area contributed by atoms with Gasteiger partial charge in [0.15, 0.2) is 6.61 Å². The normalized spacial score (nSPS) is 15.0. The van der Waals surface area contributed by atoms with E-state index in [0.29, 0.717) is 18.0 Å². The number of ether oxygens (including phenoxy) is 1. The lowest BCUT2D eigenvalue weighted by Gasteiger charge is -2.21. The molecular weight excluding hydrogens is 324 g/mol. The Labute approximate surface area is 146 Å². The molecule has 1 aliphatic carbocycles. The summed E-state index contributed by atoms with van der Waals surface area (Å²) in [6.45, 7) is 0.259. The van der Waals surface area contributed by atoms with E-state index in [9.17, 15) is 19.7 Å². The molecule has 0 heterocycles. The summed E-state index contributed by atoms with van der Waals surface area (Å²) in [6, 6.07) is 6.06. The minimum atomic E-state index is -0.717. The highest BCUT2D eigenvalue weighted by molar-refractivity contribution is 5.89. The van der Waals surface area contributed by atoms with Gasteiger partial charge < -0.3 is 10.1 Å². The zero-order valence-electron chi connectivity index (χ0n) is 14.0. The van der Waals surface area contributed by atoms with Gasteiger partial charge in [-0.15, -0.1) is 0 Å². The standard InChI is InChI=1S/C18H22N2O5/c21-17(19-12-14-6-2-1-3-7-14)13-25-18(22)11-10-15-8-4-5-9-16(15)20(23)24/h4-5,8-11,14H,1-3,6-7,12-13H2,(H,19,21)/b11-10+. The van der Waals surface area contributed by atoms with Gasteiger partial charge in [-0.2, -0.15) is 0 Å². The van der Waals surface area contributed by atoms with Gasteiger partial charge in [0, 0.05) is 18.7 Å². The zero-order chi connectivity index (χ0) is 18.1. The molecule has 1 saturated carbocycles. The van der Waals surface area contributed by atoms with Crippen LogP contribution in [0.25, 0.3) is 6.08 Å². The fraction of sp³-hybridized carbons (Fsp3) is 0.444. The molecule has 0 aliphatic heterocycles. The molecule has 0 unspecified atom stereocenters. The van der Waals surface area contributed by atoms with Crippen LogP contribution in [0, 0.1) is 16.0 Å². The summed E-state index contributed by atoms with van der Waals surface area (Å²) in [5, 5.41) is 13.7. The Morgan fingerprint density at radius 3 is 2.68 bits per heavy atom. The van der Waals surface area contributed by atoms with Crippen molar-refractivity contribution in [3.8, 4) is 0 Å². The van der Waals surface area contributed by atoms with Crippen LogP contribution < -0.4 is 5.32 Å². The summed E-state index contributed by atoms with van der Waals surface area (Å²) in [7, 11) is 0. The number of nitro groups is 1. The van der Waals surface area contributed by atoms with Crippen LogP contribution in [-0.4, -0.2) is 30.0 Å². The summed E-state index contributed by atoms with van der Waals surface area (Å²) in [5.41, 5.74) is 0.197. The SMILES string of the molecule is O=C(COC(=O)/C=C/c1ccccc1[N+](=O)[O-])NCC1CCCCC1. The molecule has 0 aromatic heterocycles. The second-order valence-corrected chi connectivity index (χ2v) is 6.07. The number of carbonyl (C=O) groups is 2. The maximum Gasteiger partial charge on any atom is 0.331 e. The molecule has 1 N–H and O–H groups in total. The molecule has 0 saturated heterocycles. The maximum atomic E-state index is 11.7. The van der Waals surface area contributed by atoms with Crippen molar-refractivity contribution in [3.63, 3.8) is 0 Å². The third-order valence-electron chi connectivity index (χ3n) is 4.19. The number of amides is 1. The largest absolute Gasteiger partial charge is 0.452 e. The van der Waals surface area contributed by atoms with Crippen molar-refractivity contribution in [1.29, 1.82) is 0 Å². The van der Waals surface area contributed by atoms with E-state index >= 15 is 0 Å². The average molecular weight is 346 g/mol. The van der Waals surface area contributed by atoms with E-state index in [1.165, 1.54) is 37.5 Å². The number of hydrogen-bond acceptors (Lipinski definition) is 5. The topological polar surface area (TPSA) is 98.5 Å². The highest BCUT2D eigenvalue weighted by Crippen LogP contribution is 2.22. The molecule has 0 bridgehead atoms. The van der Waals surface area contributed by atoms with Gasteiger partial charge in [-0.05, 0) is 30.9 Å². The predicted octanol–water partition coefficient (Wildman–Crippen LogP) is 2.85. The first-order valence-electron chi connectivity index (χ1n) is 8.41. The van der Waals surface area contributed by atoms with Crippen molar-refractivity contribution in [3.05, 3.63) is 46.0 Å². The first-order chi connectivity index (χ1) is 12.1. The molecule has 1 aliphatic rings. The van der Waals surface area contributed by atoms with Crippen molar-refractivity contribution in [2.75, 3.05) is 13.2 Å². The summed E-state index contributed by atoms with van der Waals surface area (Å²) >= 11 is 0. The fourth-order valence-corrected chi connectivity index (χ4v) is 2.84. The van der Waals surface area contributed by atoms with Crippen molar-refractivity contribution < 1.29 is 19.2 Å². The summed E-state index contributed by atoms with van der Waals surface area (Å²) in [5.74, 6) is -0.545. The van der Waals surface area contributed by atoms with E-state index in [1.807, 2.05) is 0 Å². The van der Waals surface area contributed by atoms with Gasteiger partial charge in [-0.25, -0.2) is 4.79 Å². The zero-order valence-corrected chi connectivity index (χ0v) is 14.0. The van der Waals surface area contributed by atoms with Crippen LogP contribution in [0.3, 0.4) is 0 Å². The molecule has 25 heavy (non-hydrogen) atoms. The minimum Gasteiger partial charge on any atom is -0.452 e. The number of para-hydroxylation sites is 1. The van der Waals surface area contributed by atoms with Crippen LogP contribution >= 0.6 is 0 Å². The van der Waals surface area contributed by atoms with E-state index in [1.54, 1.807) is 12.1 Å². The van der Waals surface area contributed by atoms with E-state index in [-0.39, 0.29) is 18.2 Å². The molecule has 1 fully saturated rings. The highest BCUT2D eigenvalue weighted by Gasteiger charge is 2.15. The monoisotopic (exact) mass is 346 g/mol.